The maximum absolute atomic E-state index is 5.31. The van der Waals surface area contributed by atoms with Crippen LogP contribution in [0.1, 0.15) is 13.3 Å². The summed E-state index contributed by atoms with van der Waals surface area (Å²) in [4.78, 5) is 0. The Hall–Kier alpha value is -1.62. The average molecular weight is 269 g/mol. The van der Waals surface area contributed by atoms with E-state index in [0.717, 1.165) is 18.7 Å². The predicted octanol–water partition coefficient (Wildman–Crippen LogP) is 2.55. The van der Waals surface area contributed by atoms with E-state index in [9.17, 15) is 0 Å². The zero-order valence-corrected chi connectivity index (χ0v) is 12.3. The van der Waals surface area contributed by atoms with Crippen LogP contribution in [-0.2, 0) is 4.74 Å². The summed E-state index contributed by atoms with van der Waals surface area (Å²) in [6.45, 7) is 2.82. The van der Waals surface area contributed by atoms with E-state index in [1.807, 2.05) is 12.1 Å². The minimum absolute atomic E-state index is 0.294. The Bertz CT molecular complexity index is 370. The average Bonchev–Trinajstić information content (AvgIpc) is 2.43. The third kappa shape index (κ3) is 4.21. The molecule has 1 atom stereocenters. The number of anilines is 1. The molecular weight excluding hydrogens is 246 g/mol. The van der Waals surface area contributed by atoms with E-state index in [0.29, 0.717) is 23.3 Å². The lowest BCUT2D eigenvalue weighted by Gasteiger charge is -2.18. The fourth-order valence-electron chi connectivity index (χ4n) is 1.82. The van der Waals surface area contributed by atoms with Crippen molar-refractivity contribution in [1.82, 2.24) is 0 Å². The molecule has 0 spiro atoms. The highest BCUT2D eigenvalue weighted by Crippen LogP contribution is 2.40. The first kappa shape index (κ1) is 15.4. The van der Waals surface area contributed by atoms with Gasteiger partial charge in [-0.2, -0.15) is 0 Å². The number of rotatable bonds is 8. The van der Waals surface area contributed by atoms with Crippen molar-refractivity contribution in [3.05, 3.63) is 12.1 Å². The summed E-state index contributed by atoms with van der Waals surface area (Å²) in [5, 5.41) is 3.38. The lowest BCUT2D eigenvalue weighted by atomic mass is 10.2. The molecule has 5 nitrogen and oxygen atoms in total. The number of methoxy groups -OCH3 is 4. The largest absolute Gasteiger partial charge is 0.493 e. The van der Waals surface area contributed by atoms with E-state index in [4.69, 9.17) is 18.9 Å². The van der Waals surface area contributed by atoms with Crippen molar-refractivity contribution in [1.29, 1.82) is 0 Å². The first-order valence-corrected chi connectivity index (χ1v) is 6.21. The van der Waals surface area contributed by atoms with E-state index in [2.05, 4.69) is 12.2 Å². The van der Waals surface area contributed by atoms with Crippen molar-refractivity contribution in [2.75, 3.05) is 40.4 Å². The highest BCUT2D eigenvalue weighted by Gasteiger charge is 2.14. The normalized spacial score (nSPS) is 11.8. The molecule has 0 aliphatic heterocycles. The Balaban J connectivity index is 2.90. The van der Waals surface area contributed by atoms with Gasteiger partial charge < -0.3 is 24.3 Å². The van der Waals surface area contributed by atoms with Gasteiger partial charge in [-0.15, -0.1) is 0 Å². The summed E-state index contributed by atoms with van der Waals surface area (Å²) < 4.78 is 21.0. The van der Waals surface area contributed by atoms with Gasteiger partial charge in [-0.25, -0.2) is 0 Å². The predicted molar refractivity (Wildman–Crippen MR) is 75.7 cm³/mol. The highest BCUT2D eigenvalue weighted by atomic mass is 16.5. The molecule has 108 valence electrons. The molecular formula is C14H23NO4. The standard InChI is InChI=1S/C14H23NO4/c1-10(6-7-16-2)15-11-8-12(17-3)14(19-5)13(9-11)18-4/h8-10,15H,6-7H2,1-5H3. The van der Waals surface area contributed by atoms with E-state index in [1.54, 1.807) is 28.4 Å². The Labute approximate surface area is 114 Å². The molecule has 0 heterocycles. The molecule has 0 radical (unpaired) electrons. The number of hydrogen-bond acceptors (Lipinski definition) is 5. The van der Waals surface area contributed by atoms with Crippen LogP contribution in [-0.4, -0.2) is 41.1 Å². The van der Waals surface area contributed by atoms with Gasteiger partial charge in [0, 0.05) is 37.6 Å². The summed E-state index contributed by atoms with van der Waals surface area (Å²) >= 11 is 0. The van der Waals surface area contributed by atoms with E-state index >= 15 is 0 Å². The molecule has 1 aromatic carbocycles. The lowest BCUT2D eigenvalue weighted by Crippen LogP contribution is -2.17. The second-order valence-electron chi connectivity index (χ2n) is 4.24. The molecule has 1 aromatic rings. The van der Waals surface area contributed by atoms with E-state index in [-0.39, 0.29) is 0 Å². The van der Waals surface area contributed by atoms with Gasteiger partial charge >= 0.3 is 0 Å². The van der Waals surface area contributed by atoms with E-state index < -0.39 is 0 Å². The van der Waals surface area contributed by atoms with E-state index in [1.165, 1.54) is 0 Å². The molecule has 1 rings (SSSR count). The van der Waals surface area contributed by atoms with Gasteiger partial charge in [-0.05, 0) is 13.3 Å². The van der Waals surface area contributed by atoms with Crippen LogP contribution in [0.4, 0.5) is 5.69 Å². The molecule has 1 N–H and O–H groups in total. The van der Waals surface area contributed by atoms with Gasteiger partial charge in [0.1, 0.15) is 0 Å². The summed E-state index contributed by atoms with van der Waals surface area (Å²) in [6, 6.07) is 4.08. The molecule has 0 aliphatic rings. The zero-order valence-electron chi connectivity index (χ0n) is 12.3. The van der Waals surface area contributed by atoms with Crippen molar-refractivity contribution in [2.45, 2.75) is 19.4 Å². The minimum Gasteiger partial charge on any atom is -0.493 e. The topological polar surface area (TPSA) is 49.0 Å². The first-order chi connectivity index (χ1) is 9.15. The minimum atomic E-state index is 0.294. The fraction of sp³-hybridized carbons (Fsp3) is 0.571. The summed E-state index contributed by atoms with van der Waals surface area (Å²) in [6.07, 6.45) is 0.924. The van der Waals surface area contributed by atoms with Crippen molar-refractivity contribution < 1.29 is 18.9 Å². The van der Waals surface area contributed by atoms with Crippen molar-refractivity contribution in [2.24, 2.45) is 0 Å². The van der Waals surface area contributed by atoms with Gasteiger partial charge in [0.2, 0.25) is 5.75 Å². The van der Waals surface area contributed by atoms with Crippen molar-refractivity contribution in [3.63, 3.8) is 0 Å². The molecule has 0 aromatic heterocycles. The van der Waals surface area contributed by atoms with Crippen LogP contribution in [0.2, 0.25) is 0 Å². The fourth-order valence-corrected chi connectivity index (χ4v) is 1.82. The molecule has 0 amide bonds. The van der Waals surface area contributed by atoms with Crippen LogP contribution in [0.15, 0.2) is 12.1 Å². The SMILES string of the molecule is COCCC(C)Nc1cc(OC)c(OC)c(OC)c1. The second kappa shape index (κ2) is 7.74. The Morgan fingerprint density at radius 3 is 2.00 bits per heavy atom. The third-order valence-electron chi connectivity index (χ3n) is 2.83. The number of nitrogens with one attached hydrogen (secondary N) is 1. The highest BCUT2D eigenvalue weighted by molar-refractivity contribution is 5.62. The smallest absolute Gasteiger partial charge is 0.203 e. The molecule has 0 fully saturated rings. The molecule has 0 bridgehead atoms. The van der Waals surface area contributed by atoms with Gasteiger partial charge in [-0.3, -0.25) is 0 Å². The van der Waals surface area contributed by atoms with Gasteiger partial charge in [0.25, 0.3) is 0 Å². The van der Waals surface area contributed by atoms with Crippen molar-refractivity contribution in [3.8, 4) is 17.2 Å². The zero-order chi connectivity index (χ0) is 14.3. The van der Waals surface area contributed by atoms with Crippen LogP contribution in [0.5, 0.6) is 17.2 Å². The van der Waals surface area contributed by atoms with Crippen LogP contribution in [0.3, 0.4) is 0 Å². The van der Waals surface area contributed by atoms with Crippen LogP contribution >= 0.6 is 0 Å². The molecule has 5 heteroatoms. The van der Waals surface area contributed by atoms with Gasteiger partial charge in [-0.1, -0.05) is 0 Å². The Morgan fingerprint density at radius 1 is 1.00 bits per heavy atom. The maximum Gasteiger partial charge on any atom is 0.203 e. The number of hydrogen-bond donors (Lipinski definition) is 1. The first-order valence-electron chi connectivity index (χ1n) is 6.21. The Morgan fingerprint density at radius 2 is 1.58 bits per heavy atom. The summed E-state index contributed by atoms with van der Waals surface area (Å²) in [5.41, 5.74) is 0.929. The molecule has 1 unspecified atom stereocenters. The molecule has 0 saturated heterocycles. The molecule has 0 aliphatic carbocycles. The van der Waals surface area contributed by atoms with Crippen LogP contribution < -0.4 is 19.5 Å². The van der Waals surface area contributed by atoms with Gasteiger partial charge in [0.05, 0.1) is 21.3 Å². The molecule has 0 saturated carbocycles. The summed E-state index contributed by atoms with van der Waals surface area (Å²) in [5.74, 6) is 1.88. The van der Waals surface area contributed by atoms with Crippen LogP contribution in [0, 0.1) is 0 Å². The van der Waals surface area contributed by atoms with Gasteiger partial charge in [0.15, 0.2) is 11.5 Å². The quantitative estimate of drug-likeness (QED) is 0.786. The summed E-state index contributed by atoms with van der Waals surface area (Å²) in [7, 11) is 6.51. The number of benzene rings is 1. The number of ether oxygens (including phenoxy) is 4. The van der Waals surface area contributed by atoms with Crippen molar-refractivity contribution >= 4 is 5.69 Å². The maximum atomic E-state index is 5.31. The Kier molecular flexibility index (Phi) is 6.29. The lowest BCUT2D eigenvalue weighted by molar-refractivity contribution is 0.191. The molecule has 19 heavy (non-hydrogen) atoms. The third-order valence-corrected chi connectivity index (χ3v) is 2.83. The monoisotopic (exact) mass is 269 g/mol. The van der Waals surface area contributed by atoms with Crippen LogP contribution in [0.25, 0.3) is 0 Å². The second-order valence-corrected chi connectivity index (χ2v) is 4.24.